The summed E-state index contributed by atoms with van der Waals surface area (Å²) in [4.78, 5) is 20.8. The van der Waals surface area contributed by atoms with Crippen LogP contribution in [0.2, 0.25) is 5.02 Å². The van der Waals surface area contributed by atoms with Gasteiger partial charge in [0.1, 0.15) is 5.82 Å². The van der Waals surface area contributed by atoms with Gasteiger partial charge in [-0.05, 0) is 63.1 Å². The van der Waals surface area contributed by atoms with Gasteiger partial charge < -0.3 is 15.1 Å². The summed E-state index contributed by atoms with van der Waals surface area (Å²) in [6.45, 7) is 5.87. The first-order chi connectivity index (χ1) is 17.5. The molecule has 0 radical (unpaired) electrons. The number of piperazine rings is 1. The molecule has 204 valence electrons. The van der Waals surface area contributed by atoms with E-state index in [2.05, 4.69) is 51.0 Å². The molecule has 2 aromatic rings. The Morgan fingerprint density at radius 3 is 2.27 bits per heavy atom. The molecule has 2 N–H and O–H groups in total. The van der Waals surface area contributed by atoms with Gasteiger partial charge >= 0.3 is 12.1 Å². The summed E-state index contributed by atoms with van der Waals surface area (Å²) in [5.41, 5.74) is 1.32. The molecule has 37 heavy (non-hydrogen) atoms. The van der Waals surface area contributed by atoms with Gasteiger partial charge in [-0.3, -0.25) is 9.80 Å². The number of carboxylic acid groups (broad SMARTS) is 1. The predicted molar refractivity (Wildman–Crippen MR) is 137 cm³/mol. The van der Waals surface area contributed by atoms with Crippen LogP contribution in [-0.2, 0) is 11.2 Å². The zero-order chi connectivity index (χ0) is 27.2. The number of carboxylic acids is 1. The molecule has 7 nitrogen and oxygen atoms in total. The van der Waals surface area contributed by atoms with Crippen LogP contribution in [0.15, 0.2) is 48.7 Å². The maximum atomic E-state index is 10.6. The Kier molecular flexibility index (Phi) is 10.2. The van der Waals surface area contributed by atoms with Gasteiger partial charge in [-0.2, -0.15) is 13.2 Å². The molecule has 3 atom stereocenters. The fourth-order valence-electron chi connectivity index (χ4n) is 5.09. The van der Waals surface area contributed by atoms with Crippen LogP contribution in [0.4, 0.5) is 19.0 Å². The van der Waals surface area contributed by atoms with Crippen molar-refractivity contribution in [2.75, 3.05) is 38.1 Å². The molecular weight excluding hydrogens is 509 g/mol. The third kappa shape index (κ3) is 8.29. The van der Waals surface area contributed by atoms with Crippen LogP contribution in [0.5, 0.6) is 0 Å². The fraction of sp³-hybridized carbons (Fsp3) is 0.538. The standard InChI is InChI=1S/C24H33ClN4O.C2HF3O2/c1-18(30)23-17-29(21-10-13-28(14-11-21)24-5-3-4-12-26-24)22(16-27(23)2)15-19-6-8-20(25)9-7-19;3-2(4,5)1(6)7/h3-9,12,18,21-23,30H,10-11,13-17H2,1-2H3;(H,6,7)/t18?,22-,23+;/m0./s1. The molecule has 3 heterocycles. The molecule has 11 heteroatoms. The van der Waals surface area contributed by atoms with Crippen LogP contribution in [0, 0.1) is 0 Å². The lowest BCUT2D eigenvalue weighted by atomic mass is 9.93. The SMILES string of the molecule is CC(O)[C@H]1CN(C2CCN(c3ccccn3)CC2)[C@@H](Cc2ccc(Cl)cc2)CN1C.O=C(O)C(F)(F)F. The van der Waals surface area contributed by atoms with Crippen LogP contribution in [-0.4, -0.2) is 94.6 Å². The second-order valence-electron chi connectivity index (χ2n) is 9.64. The van der Waals surface area contributed by atoms with E-state index in [9.17, 15) is 18.3 Å². The molecule has 0 amide bonds. The van der Waals surface area contributed by atoms with Crippen molar-refractivity contribution in [3.63, 3.8) is 0 Å². The number of aromatic nitrogens is 1. The second kappa shape index (κ2) is 12.9. The number of aliphatic hydroxyl groups excluding tert-OH is 1. The number of hydrogen-bond acceptors (Lipinski definition) is 6. The molecule has 0 aliphatic carbocycles. The lowest BCUT2D eigenvalue weighted by Gasteiger charge is -2.51. The number of nitrogens with zero attached hydrogens (tertiary/aromatic N) is 4. The van der Waals surface area contributed by atoms with Crippen LogP contribution in [0.25, 0.3) is 0 Å². The van der Waals surface area contributed by atoms with Gasteiger partial charge in [-0.1, -0.05) is 29.8 Å². The lowest BCUT2D eigenvalue weighted by molar-refractivity contribution is -0.192. The van der Waals surface area contributed by atoms with Crippen LogP contribution in [0.1, 0.15) is 25.3 Å². The van der Waals surface area contributed by atoms with Crippen LogP contribution in [0.3, 0.4) is 0 Å². The van der Waals surface area contributed by atoms with E-state index in [4.69, 9.17) is 21.5 Å². The quantitative estimate of drug-likeness (QED) is 0.592. The Hall–Kier alpha value is -2.40. The highest BCUT2D eigenvalue weighted by Crippen LogP contribution is 2.28. The molecule has 2 saturated heterocycles. The molecule has 2 fully saturated rings. The van der Waals surface area contributed by atoms with E-state index in [1.807, 2.05) is 31.3 Å². The van der Waals surface area contributed by atoms with E-state index in [0.717, 1.165) is 56.3 Å². The molecule has 1 aromatic carbocycles. The Bertz CT molecular complexity index is 987. The zero-order valence-corrected chi connectivity index (χ0v) is 21.7. The van der Waals surface area contributed by atoms with Crippen LogP contribution < -0.4 is 4.90 Å². The number of hydrogen-bond donors (Lipinski definition) is 2. The summed E-state index contributed by atoms with van der Waals surface area (Å²) in [6.07, 6.45) is -0.276. The number of likely N-dealkylation sites (N-methyl/N-ethyl adjacent to an activating group) is 1. The summed E-state index contributed by atoms with van der Waals surface area (Å²) >= 11 is 6.09. The van der Waals surface area contributed by atoms with Gasteiger partial charge in [0.2, 0.25) is 0 Å². The van der Waals surface area contributed by atoms with Crippen molar-refractivity contribution in [2.24, 2.45) is 0 Å². The average Bonchev–Trinajstić information content (AvgIpc) is 2.86. The number of piperidine rings is 1. The maximum Gasteiger partial charge on any atom is 0.490 e. The topological polar surface area (TPSA) is 80.1 Å². The number of aliphatic hydroxyl groups is 1. The van der Waals surface area contributed by atoms with Crippen molar-refractivity contribution in [3.8, 4) is 0 Å². The summed E-state index contributed by atoms with van der Waals surface area (Å²) in [6, 6.07) is 15.5. The van der Waals surface area contributed by atoms with E-state index in [1.165, 1.54) is 5.56 Å². The smallest absolute Gasteiger partial charge is 0.475 e. The molecule has 0 spiro atoms. The van der Waals surface area contributed by atoms with Crippen molar-refractivity contribution in [3.05, 3.63) is 59.2 Å². The minimum absolute atomic E-state index is 0.181. The number of carbonyl (C=O) groups is 1. The van der Waals surface area contributed by atoms with Crippen molar-refractivity contribution >= 4 is 23.4 Å². The third-order valence-corrected chi connectivity index (χ3v) is 7.27. The number of halogens is 4. The number of pyridine rings is 1. The zero-order valence-electron chi connectivity index (χ0n) is 21.0. The van der Waals surface area contributed by atoms with Gasteiger partial charge in [-0.15, -0.1) is 0 Å². The summed E-state index contributed by atoms with van der Waals surface area (Å²) < 4.78 is 31.7. The molecule has 1 aromatic heterocycles. The highest BCUT2D eigenvalue weighted by molar-refractivity contribution is 6.30. The minimum Gasteiger partial charge on any atom is -0.475 e. The van der Waals surface area contributed by atoms with Crippen molar-refractivity contribution < 1.29 is 28.2 Å². The predicted octanol–water partition coefficient (Wildman–Crippen LogP) is 3.95. The van der Waals surface area contributed by atoms with Crippen molar-refractivity contribution in [1.29, 1.82) is 0 Å². The molecular formula is C26H34ClF3N4O3. The molecule has 4 rings (SSSR count). The van der Waals surface area contributed by atoms with Gasteiger partial charge in [0, 0.05) is 55.5 Å². The van der Waals surface area contributed by atoms with Crippen molar-refractivity contribution in [1.82, 2.24) is 14.8 Å². The van der Waals surface area contributed by atoms with E-state index in [1.54, 1.807) is 0 Å². The summed E-state index contributed by atoms with van der Waals surface area (Å²) in [5, 5.41) is 18.3. The first-order valence-electron chi connectivity index (χ1n) is 12.3. The summed E-state index contributed by atoms with van der Waals surface area (Å²) in [7, 11) is 2.15. The minimum atomic E-state index is -5.08. The first kappa shape index (κ1) is 29.2. The van der Waals surface area contributed by atoms with Gasteiger partial charge in [0.15, 0.2) is 0 Å². The fourth-order valence-corrected chi connectivity index (χ4v) is 5.21. The van der Waals surface area contributed by atoms with Gasteiger partial charge in [0.25, 0.3) is 0 Å². The van der Waals surface area contributed by atoms with E-state index in [-0.39, 0.29) is 12.1 Å². The highest BCUT2D eigenvalue weighted by atomic mass is 35.5. The molecule has 2 aliphatic rings. The number of anilines is 1. The molecule has 1 unspecified atom stereocenters. The largest absolute Gasteiger partial charge is 0.490 e. The Morgan fingerprint density at radius 2 is 1.76 bits per heavy atom. The number of alkyl halides is 3. The van der Waals surface area contributed by atoms with Crippen LogP contribution >= 0.6 is 11.6 Å². The highest BCUT2D eigenvalue weighted by Gasteiger charge is 2.39. The van der Waals surface area contributed by atoms with Gasteiger partial charge in [0.05, 0.1) is 6.10 Å². The lowest BCUT2D eigenvalue weighted by Crippen LogP contribution is -2.64. The second-order valence-corrected chi connectivity index (χ2v) is 10.1. The van der Waals surface area contributed by atoms with Gasteiger partial charge in [-0.25, -0.2) is 9.78 Å². The molecule has 0 saturated carbocycles. The third-order valence-electron chi connectivity index (χ3n) is 7.02. The van der Waals surface area contributed by atoms with E-state index >= 15 is 0 Å². The average molecular weight is 543 g/mol. The number of rotatable bonds is 5. The van der Waals surface area contributed by atoms with E-state index < -0.39 is 12.1 Å². The Labute approximate surface area is 220 Å². The Balaban J connectivity index is 0.000000479. The summed E-state index contributed by atoms with van der Waals surface area (Å²) in [5.74, 6) is -1.68. The normalized spacial score (nSPS) is 22.7. The molecule has 0 bridgehead atoms. The number of aliphatic carboxylic acids is 1. The monoisotopic (exact) mass is 542 g/mol. The number of benzene rings is 1. The maximum absolute atomic E-state index is 10.6. The Morgan fingerprint density at radius 1 is 1.14 bits per heavy atom. The van der Waals surface area contributed by atoms with Crippen molar-refractivity contribution in [2.45, 2.75) is 56.6 Å². The van der Waals surface area contributed by atoms with E-state index in [0.29, 0.717) is 12.1 Å². The first-order valence-corrected chi connectivity index (χ1v) is 12.7. The molecule has 2 aliphatic heterocycles.